The van der Waals surface area contributed by atoms with Gasteiger partial charge in [-0.3, -0.25) is 14.3 Å². The summed E-state index contributed by atoms with van der Waals surface area (Å²) in [7, 11) is 0. The van der Waals surface area contributed by atoms with Gasteiger partial charge in [0.25, 0.3) is 5.91 Å². The average Bonchev–Trinajstić information content (AvgIpc) is 3.01. The van der Waals surface area contributed by atoms with E-state index in [2.05, 4.69) is 23.7 Å². The first-order valence-electron chi connectivity index (χ1n) is 5.91. The fourth-order valence-corrected chi connectivity index (χ4v) is 1.60. The third-order valence-corrected chi connectivity index (χ3v) is 2.55. The Morgan fingerprint density at radius 1 is 1.05 bits per heavy atom. The van der Waals surface area contributed by atoms with Crippen LogP contribution in [0.2, 0.25) is 0 Å². The molecule has 19 heavy (non-hydrogen) atoms. The normalized spacial score (nSPS) is 9.47. The summed E-state index contributed by atoms with van der Waals surface area (Å²) >= 11 is 0. The van der Waals surface area contributed by atoms with Crippen LogP contribution in [-0.2, 0) is 0 Å². The molecule has 0 N–H and O–H groups in total. The van der Waals surface area contributed by atoms with Gasteiger partial charge in [-0.25, -0.2) is 0 Å². The van der Waals surface area contributed by atoms with Gasteiger partial charge in [0.1, 0.15) is 0 Å². The van der Waals surface area contributed by atoms with E-state index in [0.717, 1.165) is 5.52 Å². The highest BCUT2D eigenvalue weighted by molar-refractivity contribution is 5.89. The van der Waals surface area contributed by atoms with Crippen molar-refractivity contribution in [2.24, 2.45) is 0 Å². The third kappa shape index (κ3) is 3.39. The molecule has 0 saturated carbocycles. The van der Waals surface area contributed by atoms with E-state index in [1.54, 1.807) is 24.5 Å². The molecule has 0 aliphatic rings. The number of hydrogen-bond acceptors (Lipinski definition) is 2. The number of rotatable bonds is 1. The Bertz CT molecular complexity index is 607. The number of carbonyl (C=O) groups excluding carboxylic acids is 1. The number of carbonyl (C=O) groups is 1. The van der Waals surface area contributed by atoms with E-state index in [9.17, 15) is 4.79 Å². The lowest BCUT2D eigenvalue weighted by molar-refractivity contribution is 0.0969. The second-order valence-electron chi connectivity index (χ2n) is 3.83. The smallest absolute Gasteiger partial charge is 0.253 e. The summed E-state index contributed by atoms with van der Waals surface area (Å²) in [5, 5.41) is 1.20. The molecule has 2 aromatic heterocycles. The molecule has 0 aliphatic heterocycles. The van der Waals surface area contributed by atoms with Crippen molar-refractivity contribution in [2.75, 3.05) is 0 Å². The van der Waals surface area contributed by atoms with Crippen LogP contribution in [0.5, 0.6) is 0 Å². The van der Waals surface area contributed by atoms with Crippen LogP contribution in [0.4, 0.5) is 0 Å². The third-order valence-electron chi connectivity index (χ3n) is 2.55. The van der Waals surface area contributed by atoms with Crippen LogP contribution in [-0.4, -0.2) is 15.5 Å². The highest BCUT2D eigenvalue weighted by atomic mass is 16.1. The molecule has 3 aromatic rings. The summed E-state index contributed by atoms with van der Waals surface area (Å²) < 4.78 is 1.47. The minimum absolute atomic E-state index is 0.0972. The van der Waals surface area contributed by atoms with Crippen molar-refractivity contribution in [3.8, 4) is 0 Å². The zero-order valence-corrected chi connectivity index (χ0v) is 10.4. The second kappa shape index (κ2) is 6.31. The molecule has 3 heteroatoms. The van der Waals surface area contributed by atoms with Crippen LogP contribution in [0.1, 0.15) is 4.79 Å². The van der Waals surface area contributed by atoms with Crippen LogP contribution in [0.15, 0.2) is 79.8 Å². The second-order valence-corrected chi connectivity index (χ2v) is 3.83. The fourth-order valence-electron chi connectivity index (χ4n) is 1.60. The molecule has 0 atom stereocenters. The van der Waals surface area contributed by atoms with Gasteiger partial charge in [0.2, 0.25) is 0 Å². The molecule has 0 bridgehead atoms. The first-order valence-corrected chi connectivity index (χ1v) is 5.91. The van der Waals surface area contributed by atoms with Crippen LogP contribution in [0.25, 0.3) is 10.9 Å². The van der Waals surface area contributed by atoms with Gasteiger partial charge >= 0.3 is 0 Å². The van der Waals surface area contributed by atoms with E-state index in [1.165, 1.54) is 16.0 Å². The lowest BCUT2D eigenvalue weighted by atomic mass is 10.2. The van der Waals surface area contributed by atoms with Gasteiger partial charge in [-0.15, -0.1) is 0 Å². The zero-order valence-electron chi connectivity index (χ0n) is 10.4. The largest absolute Gasteiger partial charge is 0.291 e. The quantitative estimate of drug-likeness (QED) is 0.619. The highest BCUT2D eigenvalue weighted by Crippen LogP contribution is 2.07. The first kappa shape index (κ1) is 12.8. The van der Waals surface area contributed by atoms with Crippen molar-refractivity contribution in [2.45, 2.75) is 0 Å². The molecule has 0 unspecified atom stereocenters. The number of fused-ring (bicyclic) bond motifs is 1. The molecule has 3 nitrogen and oxygen atoms in total. The number of hydrogen-bond donors (Lipinski definition) is 0. The summed E-state index contributed by atoms with van der Waals surface area (Å²) in [5.41, 5.74) is 1.06. The van der Waals surface area contributed by atoms with E-state index in [-0.39, 0.29) is 5.91 Å². The summed E-state index contributed by atoms with van der Waals surface area (Å²) in [4.78, 5) is 14.9. The standard InChI is InChI=1S/C9H7N.C7H7NO/c1-2-6-9-8(4-1)5-3-7-10-9;1-2-7(9)8-5-3-4-6-8/h1-7H;2-6H,1H2. The van der Waals surface area contributed by atoms with Crippen molar-refractivity contribution in [3.63, 3.8) is 0 Å². The van der Waals surface area contributed by atoms with Gasteiger partial charge in [0.05, 0.1) is 5.52 Å². The molecular weight excluding hydrogens is 236 g/mol. The maximum Gasteiger partial charge on any atom is 0.253 e. The van der Waals surface area contributed by atoms with Crippen molar-refractivity contribution in [3.05, 3.63) is 79.8 Å². The van der Waals surface area contributed by atoms with Gasteiger partial charge in [-0.2, -0.15) is 0 Å². The topological polar surface area (TPSA) is 34.9 Å². The van der Waals surface area contributed by atoms with Crippen molar-refractivity contribution < 1.29 is 4.79 Å². The Labute approximate surface area is 111 Å². The zero-order chi connectivity index (χ0) is 13.5. The summed E-state index contributed by atoms with van der Waals surface area (Å²) in [6, 6.07) is 15.7. The van der Waals surface area contributed by atoms with Crippen molar-refractivity contribution >= 4 is 16.8 Å². The minimum Gasteiger partial charge on any atom is -0.291 e. The minimum atomic E-state index is -0.0972. The molecule has 0 saturated heterocycles. The van der Waals surface area contributed by atoms with Gasteiger partial charge < -0.3 is 0 Å². The van der Waals surface area contributed by atoms with Crippen LogP contribution < -0.4 is 0 Å². The molecule has 0 aliphatic carbocycles. The highest BCUT2D eigenvalue weighted by Gasteiger charge is 1.92. The van der Waals surface area contributed by atoms with E-state index in [1.807, 2.05) is 30.5 Å². The number of benzene rings is 1. The molecule has 3 rings (SSSR count). The maximum atomic E-state index is 10.7. The SMILES string of the molecule is C=CC(=O)n1cccc1.c1ccc2ncccc2c1. The number of pyridine rings is 1. The maximum absolute atomic E-state index is 10.7. The van der Waals surface area contributed by atoms with Crippen molar-refractivity contribution in [1.82, 2.24) is 9.55 Å². The number of para-hydroxylation sites is 1. The van der Waals surface area contributed by atoms with E-state index in [4.69, 9.17) is 0 Å². The molecule has 0 spiro atoms. The predicted octanol–water partition coefficient (Wildman–Crippen LogP) is 3.55. The van der Waals surface area contributed by atoms with Crippen molar-refractivity contribution in [1.29, 1.82) is 0 Å². The lowest BCUT2D eigenvalue weighted by Gasteiger charge is -1.91. The fraction of sp³-hybridized carbons (Fsp3) is 0. The van der Waals surface area contributed by atoms with Gasteiger partial charge in [0.15, 0.2) is 0 Å². The Kier molecular flexibility index (Phi) is 4.24. The Hall–Kier alpha value is -2.68. The number of aromatic nitrogens is 2. The Balaban J connectivity index is 0.000000141. The molecule has 2 heterocycles. The Morgan fingerprint density at radius 2 is 1.74 bits per heavy atom. The van der Waals surface area contributed by atoms with E-state index >= 15 is 0 Å². The molecule has 1 aromatic carbocycles. The van der Waals surface area contributed by atoms with Crippen LogP contribution in [0, 0.1) is 0 Å². The van der Waals surface area contributed by atoms with Gasteiger partial charge in [0, 0.05) is 24.0 Å². The first-order chi connectivity index (χ1) is 9.31. The van der Waals surface area contributed by atoms with Gasteiger partial charge in [-0.05, 0) is 30.3 Å². The van der Waals surface area contributed by atoms with Crippen LogP contribution >= 0.6 is 0 Å². The molecular formula is C16H14N2O. The van der Waals surface area contributed by atoms with Crippen LogP contribution in [0.3, 0.4) is 0 Å². The summed E-state index contributed by atoms with van der Waals surface area (Å²) in [6.07, 6.45) is 6.45. The molecule has 0 radical (unpaired) electrons. The molecule has 0 amide bonds. The summed E-state index contributed by atoms with van der Waals surface area (Å²) in [6.45, 7) is 3.35. The molecule has 94 valence electrons. The predicted molar refractivity (Wildman–Crippen MR) is 77.0 cm³/mol. The Morgan fingerprint density at radius 3 is 2.42 bits per heavy atom. The van der Waals surface area contributed by atoms with E-state index < -0.39 is 0 Å². The average molecular weight is 250 g/mol. The number of allylic oxidation sites excluding steroid dienone is 1. The monoisotopic (exact) mass is 250 g/mol. The lowest BCUT2D eigenvalue weighted by Crippen LogP contribution is -2.02. The van der Waals surface area contributed by atoms with Gasteiger partial charge in [-0.1, -0.05) is 30.8 Å². The molecule has 0 fully saturated rings. The summed E-state index contributed by atoms with van der Waals surface area (Å²) in [5.74, 6) is -0.0972. The number of nitrogens with zero attached hydrogens (tertiary/aromatic N) is 2. The van der Waals surface area contributed by atoms with E-state index in [0.29, 0.717) is 0 Å².